The lowest BCUT2D eigenvalue weighted by molar-refractivity contribution is -0.585. The Bertz CT molecular complexity index is 898. The number of ether oxygens (including phenoxy) is 1. The summed E-state index contributed by atoms with van der Waals surface area (Å²) in [5.41, 5.74) is 0. The first kappa shape index (κ1) is 31.5. The molecule has 0 amide bonds. The van der Waals surface area contributed by atoms with Crippen LogP contribution in [0, 0.1) is 0 Å². The molecule has 0 saturated carbocycles. The van der Waals surface area contributed by atoms with Crippen molar-refractivity contribution in [1.82, 2.24) is 4.90 Å². The van der Waals surface area contributed by atoms with Crippen LogP contribution in [0.5, 0.6) is 0 Å². The normalized spacial score (nSPS) is 23.9. The molecule has 0 aromatic carbocycles. The molecule has 0 radical (unpaired) electrons. The summed E-state index contributed by atoms with van der Waals surface area (Å²) in [7, 11) is -8.33. The van der Waals surface area contributed by atoms with Crippen molar-refractivity contribution in [3.8, 4) is 0 Å². The smallest absolute Gasteiger partial charge is 0.257 e. The SMILES string of the molecule is O=S(=O)(OCC(F)(F)N1C(F)(F)C(F)(F)OC(F)(F)C1(F)F)C(F)(F)C(F)(F)C(F)(F)C(F)(F)F. The molecule has 0 aromatic heterocycles. The van der Waals surface area contributed by atoms with Crippen molar-refractivity contribution in [2.75, 3.05) is 6.61 Å². The molecule has 210 valence electrons. The van der Waals surface area contributed by atoms with E-state index in [9.17, 15) is 91.8 Å². The van der Waals surface area contributed by atoms with Gasteiger partial charge in [-0.3, -0.25) is 4.18 Å². The van der Waals surface area contributed by atoms with Gasteiger partial charge in [-0.05, 0) is 0 Å². The number of halogens is 19. The molecule has 0 atom stereocenters. The lowest BCUT2D eigenvalue weighted by Crippen LogP contribution is -2.78. The predicted octanol–water partition coefficient (Wildman–Crippen LogP) is 5.05. The van der Waals surface area contributed by atoms with E-state index in [1.165, 1.54) is 0 Å². The molecule has 1 aliphatic heterocycles. The van der Waals surface area contributed by atoms with Crippen LogP contribution in [0.3, 0.4) is 0 Å². The van der Waals surface area contributed by atoms with Crippen molar-refractivity contribution in [2.24, 2.45) is 0 Å². The molecule has 0 spiro atoms. The van der Waals surface area contributed by atoms with Gasteiger partial charge in [0.2, 0.25) is 0 Å². The second-order valence-corrected chi connectivity index (χ2v) is 7.76. The van der Waals surface area contributed by atoms with Crippen LogP contribution in [-0.4, -0.2) is 73.6 Å². The Balaban J connectivity index is 3.48. The Hall–Kier alpha value is -1.50. The van der Waals surface area contributed by atoms with Gasteiger partial charge in [-0.2, -0.15) is 91.8 Å². The van der Waals surface area contributed by atoms with E-state index in [0.29, 0.717) is 0 Å². The first-order valence-corrected chi connectivity index (χ1v) is 8.67. The van der Waals surface area contributed by atoms with Gasteiger partial charge in [0.15, 0.2) is 0 Å². The molecule has 35 heavy (non-hydrogen) atoms. The van der Waals surface area contributed by atoms with E-state index in [1.807, 2.05) is 0 Å². The zero-order valence-electron chi connectivity index (χ0n) is 14.9. The van der Waals surface area contributed by atoms with E-state index in [1.54, 1.807) is 4.74 Å². The minimum atomic E-state index is -8.33. The molecule has 0 N–H and O–H groups in total. The summed E-state index contributed by atoms with van der Waals surface area (Å²) < 4.78 is 272. The summed E-state index contributed by atoms with van der Waals surface area (Å²) in [6, 6.07) is -21.6. The fourth-order valence-electron chi connectivity index (χ4n) is 1.94. The van der Waals surface area contributed by atoms with E-state index >= 15 is 0 Å². The zero-order chi connectivity index (χ0) is 28.7. The summed E-state index contributed by atoms with van der Waals surface area (Å²) in [5.74, 6) is -16.1. The number of morpholine rings is 1. The standard InChI is InChI=1S/C10H2F19NO4S/c11-2(12,30-6(20,21)8(24,25)34-9(26,27)7(30,22)23)1-33-35(31,32)10(28,29)4(15,16)3(13,14)5(17,18)19/h1H2. The summed E-state index contributed by atoms with van der Waals surface area (Å²) in [6.07, 6.45) is -21.7. The van der Waals surface area contributed by atoms with Crippen molar-refractivity contribution in [2.45, 2.75) is 53.6 Å². The van der Waals surface area contributed by atoms with Crippen molar-refractivity contribution in [3.05, 3.63) is 0 Å². The van der Waals surface area contributed by atoms with Crippen molar-refractivity contribution in [3.63, 3.8) is 0 Å². The van der Waals surface area contributed by atoms with Gasteiger partial charge >= 0.3 is 63.8 Å². The van der Waals surface area contributed by atoms with Crippen LogP contribution in [0.2, 0.25) is 0 Å². The van der Waals surface area contributed by atoms with Crippen LogP contribution in [0.1, 0.15) is 0 Å². The molecule has 5 nitrogen and oxygen atoms in total. The van der Waals surface area contributed by atoms with E-state index < -0.39 is 75.3 Å². The molecular formula is C10H2F19NO4S. The maximum absolute atomic E-state index is 13.7. The lowest BCUT2D eigenvalue weighted by Gasteiger charge is -2.49. The highest BCUT2D eigenvalue weighted by molar-refractivity contribution is 7.87. The summed E-state index contributed by atoms with van der Waals surface area (Å²) in [6.45, 7) is -4.24. The molecule has 0 bridgehead atoms. The topological polar surface area (TPSA) is 55.8 Å². The second kappa shape index (κ2) is 7.75. The molecule has 1 aliphatic rings. The number of hydrogen-bond donors (Lipinski definition) is 0. The van der Waals surface area contributed by atoms with Gasteiger partial charge in [0.25, 0.3) is 0 Å². The third kappa shape index (κ3) is 4.34. The maximum atomic E-state index is 13.7. The van der Waals surface area contributed by atoms with Crippen molar-refractivity contribution in [1.29, 1.82) is 0 Å². The molecule has 1 heterocycles. The molecular weight excluding hydrogens is 591 g/mol. The highest BCUT2D eigenvalue weighted by Crippen LogP contribution is 2.59. The Kier molecular flexibility index (Phi) is 6.98. The van der Waals surface area contributed by atoms with Crippen LogP contribution in [0.25, 0.3) is 0 Å². The molecule has 25 heteroatoms. The highest BCUT2D eigenvalue weighted by Gasteiger charge is 2.88. The number of hydrogen-bond acceptors (Lipinski definition) is 5. The fraction of sp³-hybridized carbons (Fsp3) is 1.00. The Labute approximate surface area is 177 Å². The summed E-state index contributed by atoms with van der Waals surface area (Å²) >= 11 is 0. The molecule has 1 rings (SSSR count). The van der Waals surface area contributed by atoms with Crippen LogP contribution in [0.4, 0.5) is 83.4 Å². The van der Waals surface area contributed by atoms with Gasteiger partial charge in [0.05, 0.1) is 0 Å². The van der Waals surface area contributed by atoms with Gasteiger partial charge in [-0.15, -0.1) is 4.90 Å². The highest BCUT2D eigenvalue weighted by atomic mass is 32.2. The molecule has 1 fully saturated rings. The van der Waals surface area contributed by atoms with Gasteiger partial charge < -0.3 is 0 Å². The number of nitrogens with zero attached hydrogens (tertiary/aromatic N) is 1. The van der Waals surface area contributed by atoms with E-state index in [0.717, 1.165) is 0 Å². The van der Waals surface area contributed by atoms with Crippen LogP contribution in [-0.2, 0) is 19.0 Å². The minimum Gasteiger partial charge on any atom is -0.257 e. The van der Waals surface area contributed by atoms with Crippen LogP contribution >= 0.6 is 0 Å². The predicted molar refractivity (Wildman–Crippen MR) is 63.4 cm³/mol. The Morgan fingerprint density at radius 1 is 0.657 bits per heavy atom. The fourth-order valence-corrected chi connectivity index (χ4v) is 2.82. The largest absolute Gasteiger partial charge is 0.460 e. The van der Waals surface area contributed by atoms with Crippen LogP contribution < -0.4 is 0 Å². The minimum absolute atomic E-state index is 1.72. The van der Waals surface area contributed by atoms with Gasteiger partial charge in [-0.25, -0.2) is 4.74 Å². The van der Waals surface area contributed by atoms with E-state index in [4.69, 9.17) is 0 Å². The third-order valence-electron chi connectivity index (χ3n) is 3.66. The molecule has 0 aliphatic carbocycles. The average molecular weight is 593 g/mol. The third-order valence-corrected chi connectivity index (χ3v) is 4.98. The molecule has 0 aromatic rings. The van der Waals surface area contributed by atoms with Crippen LogP contribution in [0.15, 0.2) is 0 Å². The van der Waals surface area contributed by atoms with E-state index in [2.05, 4.69) is 4.18 Å². The number of alkyl halides is 19. The first-order chi connectivity index (χ1) is 14.8. The van der Waals surface area contributed by atoms with Gasteiger partial charge in [0.1, 0.15) is 6.61 Å². The quantitative estimate of drug-likeness (QED) is 0.235. The maximum Gasteiger partial charge on any atom is 0.460 e. The first-order valence-electron chi connectivity index (χ1n) is 7.27. The van der Waals surface area contributed by atoms with Crippen molar-refractivity contribution < 1.29 is 101 Å². The van der Waals surface area contributed by atoms with E-state index in [-0.39, 0.29) is 0 Å². The average Bonchev–Trinajstić information content (AvgIpc) is 2.55. The number of rotatable bonds is 7. The lowest BCUT2D eigenvalue weighted by atomic mass is 10.1. The van der Waals surface area contributed by atoms with Crippen molar-refractivity contribution >= 4 is 10.1 Å². The zero-order valence-corrected chi connectivity index (χ0v) is 15.7. The Morgan fingerprint density at radius 2 is 1.00 bits per heavy atom. The van der Waals surface area contributed by atoms with Gasteiger partial charge in [0, 0.05) is 0 Å². The van der Waals surface area contributed by atoms with Gasteiger partial charge in [-0.1, -0.05) is 0 Å². The second-order valence-electron chi connectivity index (χ2n) is 6.10. The summed E-state index contributed by atoms with van der Waals surface area (Å²) in [5, 5.41) is -7.92. The molecule has 1 saturated heterocycles. The Morgan fingerprint density at radius 3 is 1.31 bits per heavy atom. The summed E-state index contributed by atoms with van der Waals surface area (Å²) in [4.78, 5) is -3.84. The monoisotopic (exact) mass is 593 g/mol. The molecule has 0 unspecified atom stereocenters.